The molecule has 0 aromatic rings. The van der Waals surface area contributed by atoms with Crippen LogP contribution in [-0.4, -0.2) is 18.4 Å². The molecule has 0 atom stereocenters. The van der Waals surface area contributed by atoms with Crippen molar-refractivity contribution in [1.82, 2.24) is 5.32 Å². The van der Waals surface area contributed by atoms with Crippen LogP contribution in [0.1, 0.15) is 20.8 Å². The van der Waals surface area contributed by atoms with E-state index in [0.29, 0.717) is 0 Å². The van der Waals surface area contributed by atoms with Crippen LogP contribution < -0.4 is 11.1 Å². The molecule has 0 unspecified atom stereocenters. The quantitative estimate of drug-likeness (QED) is 0.588. The smallest absolute Gasteiger partial charge is 0.224 e. The molecule has 0 rings (SSSR count). The predicted octanol–water partition coefficient (Wildman–Crippen LogP) is -0.366. The first-order valence-electron chi connectivity index (χ1n) is 3.40. The van der Waals surface area contributed by atoms with Crippen LogP contribution in [0.5, 0.6) is 0 Å². The molecule has 0 bridgehead atoms. The Hall–Kier alpha value is -1.06. The number of hydrogen-bond donors (Lipinski definition) is 2. The van der Waals surface area contributed by atoms with E-state index in [-0.39, 0.29) is 12.5 Å². The molecule has 0 aliphatic carbocycles. The molecule has 0 aromatic heterocycles. The van der Waals surface area contributed by atoms with Gasteiger partial charge in [0.25, 0.3) is 0 Å². The van der Waals surface area contributed by atoms with E-state index < -0.39 is 11.3 Å². The number of amides is 2. The Bertz CT molecular complexity index is 175. The summed E-state index contributed by atoms with van der Waals surface area (Å²) in [5.74, 6) is -0.564. The number of carbonyl (C=O) groups is 2. The van der Waals surface area contributed by atoms with Crippen molar-refractivity contribution in [2.45, 2.75) is 20.8 Å². The van der Waals surface area contributed by atoms with Gasteiger partial charge >= 0.3 is 0 Å². The second-order valence-corrected chi connectivity index (χ2v) is 3.16. The fourth-order valence-corrected chi connectivity index (χ4v) is 0.433. The van der Waals surface area contributed by atoms with Crippen LogP contribution in [0.3, 0.4) is 0 Å². The van der Waals surface area contributed by atoms with Crippen molar-refractivity contribution >= 4 is 11.8 Å². The van der Waals surface area contributed by atoms with Crippen molar-refractivity contribution in [3.8, 4) is 0 Å². The maximum atomic E-state index is 10.7. The largest absolute Gasteiger partial charge is 0.369 e. The summed E-state index contributed by atoms with van der Waals surface area (Å²) >= 11 is 0. The Morgan fingerprint density at radius 3 is 2.18 bits per heavy atom. The molecule has 0 fully saturated rings. The van der Waals surface area contributed by atoms with Crippen LogP contribution in [-0.2, 0) is 9.59 Å². The summed E-state index contributed by atoms with van der Waals surface area (Å²) in [6, 6.07) is 0. The minimum atomic E-state index is -0.661. The fraction of sp³-hybridized carbons (Fsp3) is 0.714. The Morgan fingerprint density at radius 2 is 1.91 bits per heavy atom. The summed E-state index contributed by atoms with van der Waals surface area (Å²) in [6.45, 7) is 5.06. The van der Waals surface area contributed by atoms with Crippen molar-refractivity contribution < 1.29 is 9.59 Å². The molecular formula is C7H14N2O2. The van der Waals surface area contributed by atoms with Gasteiger partial charge in [-0.15, -0.1) is 0 Å². The Morgan fingerprint density at radius 1 is 1.45 bits per heavy atom. The standard InChI is InChI=1S/C7H14N2O2/c1-5(10)9-4-7(2,3)6(8)11/h4H2,1-3H3,(H2,8,11)(H,9,10). The first kappa shape index (κ1) is 9.94. The highest BCUT2D eigenvalue weighted by Gasteiger charge is 2.24. The fourth-order valence-electron chi connectivity index (χ4n) is 0.433. The molecule has 2 amide bonds. The summed E-state index contributed by atoms with van der Waals surface area (Å²) in [5, 5.41) is 2.53. The lowest BCUT2D eigenvalue weighted by Crippen LogP contribution is -2.41. The first-order valence-corrected chi connectivity index (χ1v) is 3.40. The number of rotatable bonds is 3. The minimum Gasteiger partial charge on any atom is -0.369 e. The third-order valence-corrected chi connectivity index (χ3v) is 1.45. The summed E-state index contributed by atoms with van der Waals surface area (Å²) in [5.41, 5.74) is 4.41. The molecule has 4 nitrogen and oxygen atoms in total. The lowest BCUT2D eigenvalue weighted by molar-refractivity contribution is -0.126. The number of nitrogens with two attached hydrogens (primary N) is 1. The van der Waals surface area contributed by atoms with Crippen molar-refractivity contribution in [2.75, 3.05) is 6.54 Å². The van der Waals surface area contributed by atoms with Gasteiger partial charge in [-0.25, -0.2) is 0 Å². The Labute approximate surface area is 66.1 Å². The second-order valence-electron chi connectivity index (χ2n) is 3.16. The van der Waals surface area contributed by atoms with Crippen molar-refractivity contribution in [3.05, 3.63) is 0 Å². The zero-order valence-electron chi connectivity index (χ0n) is 7.10. The number of nitrogens with one attached hydrogen (secondary N) is 1. The molecule has 0 spiro atoms. The van der Waals surface area contributed by atoms with E-state index in [1.54, 1.807) is 13.8 Å². The Balaban J connectivity index is 3.92. The molecule has 0 aliphatic heterocycles. The van der Waals surface area contributed by atoms with E-state index in [9.17, 15) is 9.59 Å². The van der Waals surface area contributed by atoms with E-state index in [1.807, 2.05) is 0 Å². The summed E-state index contributed by atoms with van der Waals surface area (Å²) in [6.07, 6.45) is 0. The van der Waals surface area contributed by atoms with Gasteiger partial charge in [-0.1, -0.05) is 0 Å². The van der Waals surface area contributed by atoms with Gasteiger partial charge < -0.3 is 11.1 Å². The highest BCUT2D eigenvalue weighted by molar-refractivity contribution is 5.81. The lowest BCUT2D eigenvalue weighted by Gasteiger charge is -2.19. The molecular weight excluding hydrogens is 144 g/mol. The molecule has 0 heterocycles. The molecule has 0 aliphatic rings. The van der Waals surface area contributed by atoms with Crippen LogP contribution in [0, 0.1) is 5.41 Å². The molecule has 0 saturated carbocycles. The molecule has 0 saturated heterocycles. The molecule has 64 valence electrons. The third kappa shape index (κ3) is 3.60. The third-order valence-electron chi connectivity index (χ3n) is 1.45. The summed E-state index contributed by atoms with van der Waals surface area (Å²) in [7, 11) is 0. The van der Waals surface area contributed by atoms with E-state index >= 15 is 0 Å². The van der Waals surface area contributed by atoms with E-state index in [2.05, 4.69) is 5.32 Å². The average molecular weight is 158 g/mol. The molecule has 4 heteroatoms. The number of hydrogen-bond acceptors (Lipinski definition) is 2. The van der Waals surface area contributed by atoms with E-state index in [4.69, 9.17) is 5.73 Å². The van der Waals surface area contributed by atoms with Crippen LogP contribution in [0.15, 0.2) is 0 Å². The second kappa shape index (κ2) is 3.37. The van der Waals surface area contributed by atoms with Gasteiger partial charge in [0.2, 0.25) is 11.8 Å². The summed E-state index contributed by atoms with van der Waals surface area (Å²) < 4.78 is 0. The van der Waals surface area contributed by atoms with Gasteiger partial charge in [0.05, 0.1) is 5.41 Å². The first-order chi connectivity index (χ1) is 4.86. The zero-order chi connectivity index (χ0) is 9.07. The van der Waals surface area contributed by atoms with Crippen LogP contribution in [0.25, 0.3) is 0 Å². The van der Waals surface area contributed by atoms with Gasteiger partial charge in [-0.05, 0) is 13.8 Å². The number of carbonyl (C=O) groups excluding carboxylic acids is 2. The van der Waals surface area contributed by atoms with Crippen LogP contribution >= 0.6 is 0 Å². The molecule has 3 N–H and O–H groups in total. The molecule has 0 aromatic carbocycles. The monoisotopic (exact) mass is 158 g/mol. The van der Waals surface area contributed by atoms with Gasteiger partial charge in [0.1, 0.15) is 0 Å². The van der Waals surface area contributed by atoms with Gasteiger partial charge in [-0.3, -0.25) is 9.59 Å². The van der Waals surface area contributed by atoms with Crippen LogP contribution in [0.4, 0.5) is 0 Å². The van der Waals surface area contributed by atoms with Gasteiger partial charge in [-0.2, -0.15) is 0 Å². The van der Waals surface area contributed by atoms with Crippen molar-refractivity contribution in [2.24, 2.45) is 11.1 Å². The molecule has 0 radical (unpaired) electrons. The van der Waals surface area contributed by atoms with Crippen LogP contribution in [0.2, 0.25) is 0 Å². The Kier molecular flexibility index (Phi) is 3.04. The maximum Gasteiger partial charge on any atom is 0.224 e. The summed E-state index contributed by atoms with van der Waals surface area (Å²) in [4.78, 5) is 21.2. The maximum absolute atomic E-state index is 10.7. The van der Waals surface area contributed by atoms with E-state index in [1.165, 1.54) is 6.92 Å². The normalized spacial score (nSPS) is 10.8. The molecule has 11 heavy (non-hydrogen) atoms. The number of primary amides is 1. The minimum absolute atomic E-state index is 0.153. The van der Waals surface area contributed by atoms with Gasteiger partial charge in [0.15, 0.2) is 0 Å². The lowest BCUT2D eigenvalue weighted by atomic mass is 9.93. The van der Waals surface area contributed by atoms with E-state index in [0.717, 1.165) is 0 Å². The average Bonchev–Trinajstić information content (AvgIpc) is 1.84. The SMILES string of the molecule is CC(=O)NCC(C)(C)C(N)=O. The van der Waals surface area contributed by atoms with Crippen molar-refractivity contribution in [1.29, 1.82) is 0 Å². The topological polar surface area (TPSA) is 72.2 Å². The zero-order valence-corrected chi connectivity index (χ0v) is 7.10. The highest BCUT2D eigenvalue weighted by atomic mass is 16.2. The van der Waals surface area contributed by atoms with Crippen molar-refractivity contribution in [3.63, 3.8) is 0 Å². The highest BCUT2D eigenvalue weighted by Crippen LogP contribution is 2.11. The predicted molar refractivity (Wildman–Crippen MR) is 41.7 cm³/mol. The van der Waals surface area contributed by atoms with Gasteiger partial charge in [0, 0.05) is 13.5 Å².